The molecule has 0 bridgehead atoms. The minimum absolute atomic E-state index is 0.0700. The summed E-state index contributed by atoms with van der Waals surface area (Å²) in [6, 6.07) is 4.81. The lowest BCUT2D eigenvalue weighted by atomic mass is 9.95. The molecule has 0 unspecified atom stereocenters. The molecule has 0 radical (unpaired) electrons. The van der Waals surface area contributed by atoms with E-state index in [1.54, 1.807) is 6.07 Å². The molecule has 21 heavy (non-hydrogen) atoms. The van der Waals surface area contributed by atoms with Crippen LogP contribution < -0.4 is 0 Å². The highest BCUT2D eigenvalue weighted by molar-refractivity contribution is 7.89. The lowest BCUT2D eigenvalue weighted by molar-refractivity contribution is -0.121. The predicted molar refractivity (Wildman–Crippen MR) is 73.3 cm³/mol. The first-order chi connectivity index (χ1) is 9.86. The van der Waals surface area contributed by atoms with Gasteiger partial charge in [0.2, 0.25) is 10.0 Å². The molecular formula is C14H15FN2O3S. The van der Waals surface area contributed by atoms with E-state index < -0.39 is 15.8 Å². The zero-order valence-corrected chi connectivity index (χ0v) is 12.4. The maximum absolute atomic E-state index is 13.3. The van der Waals surface area contributed by atoms with Gasteiger partial charge >= 0.3 is 0 Å². The van der Waals surface area contributed by atoms with Crippen molar-refractivity contribution in [1.82, 2.24) is 4.31 Å². The van der Waals surface area contributed by atoms with Crippen molar-refractivity contribution < 1.29 is 17.6 Å². The predicted octanol–water partition coefficient (Wildman–Crippen LogP) is 1.69. The van der Waals surface area contributed by atoms with Crippen molar-refractivity contribution in [3.8, 4) is 6.07 Å². The number of hydrogen-bond donors (Lipinski definition) is 0. The summed E-state index contributed by atoms with van der Waals surface area (Å²) in [5, 5.41) is 8.78. The molecule has 1 aromatic carbocycles. The molecule has 0 saturated carbocycles. The van der Waals surface area contributed by atoms with E-state index in [-0.39, 0.29) is 35.2 Å². The van der Waals surface area contributed by atoms with Crippen LogP contribution in [0.15, 0.2) is 23.1 Å². The number of ketones is 1. The summed E-state index contributed by atoms with van der Waals surface area (Å²) in [6.45, 7) is 2.02. The van der Waals surface area contributed by atoms with Gasteiger partial charge in [0.05, 0.1) is 10.5 Å². The van der Waals surface area contributed by atoms with Crippen molar-refractivity contribution in [2.24, 2.45) is 5.92 Å². The SMILES string of the molecule is CC(=O)C1CCN(S(=O)(=O)c2ccc(F)c(C#N)c2)CC1. The highest BCUT2D eigenvalue weighted by atomic mass is 32.2. The Bertz CT molecular complexity index is 701. The summed E-state index contributed by atoms with van der Waals surface area (Å²) in [6.07, 6.45) is 0.974. The number of nitrogens with zero attached hydrogens (tertiary/aromatic N) is 2. The summed E-state index contributed by atoms with van der Waals surface area (Å²) in [4.78, 5) is 11.2. The molecule has 0 atom stereocenters. The number of rotatable bonds is 3. The molecule has 0 spiro atoms. The van der Waals surface area contributed by atoms with Crippen molar-refractivity contribution >= 4 is 15.8 Å². The van der Waals surface area contributed by atoms with E-state index in [1.165, 1.54) is 11.2 Å². The number of hydrogen-bond acceptors (Lipinski definition) is 4. The Hall–Kier alpha value is -1.78. The number of carbonyl (C=O) groups excluding carboxylic acids is 1. The van der Waals surface area contributed by atoms with E-state index >= 15 is 0 Å². The molecule has 1 heterocycles. The minimum atomic E-state index is -3.76. The molecular weight excluding hydrogens is 295 g/mol. The van der Waals surface area contributed by atoms with Gasteiger partial charge in [0.15, 0.2) is 0 Å². The van der Waals surface area contributed by atoms with Crippen LogP contribution >= 0.6 is 0 Å². The Labute approximate surface area is 123 Å². The van der Waals surface area contributed by atoms with Gasteiger partial charge in [0.25, 0.3) is 0 Å². The average molecular weight is 310 g/mol. The van der Waals surface area contributed by atoms with Crippen LogP contribution in [-0.2, 0) is 14.8 Å². The van der Waals surface area contributed by atoms with Gasteiger partial charge in [-0.1, -0.05) is 0 Å². The fourth-order valence-electron chi connectivity index (χ4n) is 2.40. The van der Waals surface area contributed by atoms with Gasteiger partial charge in [-0.3, -0.25) is 4.79 Å². The fourth-order valence-corrected chi connectivity index (χ4v) is 3.90. The van der Waals surface area contributed by atoms with E-state index in [0.717, 1.165) is 18.2 Å². The summed E-state index contributed by atoms with van der Waals surface area (Å²) in [5.41, 5.74) is -0.297. The van der Waals surface area contributed by atoms with E-state index in [2.05, 4.69) is 0 Å². The molecule has 112 valence electrons. The van der Waals surface area contributed by atoms with Gasteiger partial charge in [0, 0.05) is 19.0 Å². The minimum Gasteiger partial charge on any atom is -0.300 e. The Morgan fingerprint density at radius 1 is 1.38 bits per heavy atom. The smallest absolute Gasteiger partial charge is 0.243 e. The summed E-state index contributed by atoms with van der Waals surface area (Å²) in [5.74, 6) is -0.772. The Balaban J connectivity index is 2.24. The molecule has 1 aliphatic rings. The molecule has 5 nitrogen and oxygen atoms in total. The molecule has 0 aromatic heterocycles. The average Bonchev–Trinajstić information content (AvgIpc) is 2.47. The molecule has 0 aliphatic carbocycles. The van der Waals surface area contributed by atoms with Crippen LogP contribution in [0.5, 0.6) is 0 Å². The van der Waals surface area contributed by atoms with Gasteiger partial charge < -0.3 is 0 Å². The molecule has 1 aliphatic heterocycles. The third kappa shape index (κ3) is 3.12. The first-order valence-corrected chi connectivity index (χ1v) is 8.00. The monoisotopic (exact) mass is 310 g/mol. The maximum Gasteiger partial charge on any atom is 0.243 e. The third-order valence-corrected chi connectivity index (χ3v) is 5.62. The summed E-state index contributed by atoms with van der Waals surface area (Å²) >= 11 is 0. The van der Waals surface area contributed by atoms with E-state index in [9.17, 15) is 17.6 Å². The second-order valence-corrected chi connectivity index (χ2v) is 6.98. The van der Waals surface area contributed by atoms with Crippen molar-refractivity contribution in [2.45, 2.75) is 24.7 Å². The first kappa shape index (κ1) is 15.6. The van der Waals surface area contributed by atoms with E-state index in [0.29, 0.717) is 12.8 Å². The Morgan fingerprint density at radius 3 is 2.52 bits per heavy atom. The molecule has 2 rings (SSSR count). The molecule has 1 aromatic rings. The number of Topliss-reactive ketones (excluding diaryl/α,β-unsaturated/α-hetero) is 1. The van der Waals surface area contributed by atoms with Crippen LogP contribution in [0.4, 0.5) is 4.39 Å². The molecule has 0 N–H and O–H groups in total. The number of piperidine rings is 1. The van der Waals surface area contributed by atoms with Gasteiger partial charge in [-0.2, -0.15) is 9.57 Å². The quantitative estimate of drug-likeness (QED) is 0.851. The standard InChI is InChI=1S/C14H15FN2O3S/c1-10(18)11-4-6-17(7-5-11)21(19,20)13-2-3-14(15)12(8-13)9-16/h2-3,8,11H,4-7H2,1H3. The lowest BCUT2D eigenvalue weighted by Crippen LogP contribution is -2.39. The van der Waals surface area contributed by atoms with Crippen LogP contribution in [0.25, 0.3) is 0 Å². The van der Waals surface area contributed by atoms with Gasteiger partial charge in [-0.15, -0.1) is 0 Å². The maximum atomic E-state index is 13.3. The van der Waals surface area contributed by atoms with Gasteiger partial charge in [-0.05, 0) is 38.0 Å². The highest BCUT2D eigenvalue weighted by Crippen LogP contribution is 2.25. The lowest BCUT2D eigenvalue weighted by Gasteiger charge is -2.30. The van der Waals surface area contributed by atoms with Gasteiger partial charge in [0.1, 0.15) is 17.7 Å². The Morgan fingerprint density at radius 2 is 2.00 bits per heavy atom. The largest absolute Gasteiger partial charge is 0.300 e. The van der Waals surface area contributed by atoms with Crippen LogP contribution in [0.1, 0.15) is 25.3 Å². The molecule has 1 saturated heterocycles. The number of nitriles is 1. The normalized spacial score (nSPS) is 17.4. The first-order valence-electron chi connectivity index (χ1n) is 6.56. The van der Waals surface area contributed by atoms with Crippen molar-refractivity contribution in [3.63, 3.8) is 0 Å². The Kier molecular flexibility index (Phi) is 4.40. The summed E-state index contributed by atoms with van der Waals surface area (Å²) < 4.78 is 39.5. The van der Waals surface area contributed by atoms with Crippen LogP contribution in [0.2, 0.25) is 0 Å². The van der Waals surface area contributed by atoms with Crippen molar-refractivity contribution in [1.29, 1.82) is 5.26 Å². The van der Waals surface area contributed by atoms with Crippen LogP contribution in [-0.4, -0.2) is 31.6 Å². The fraction of sp³-hybridized carbons (Fsp3) is 0.429. The number of sulfonamides is 1. The highest BCUT2D eigenvalue weighted by Gasteiger charge is 2.31. The molecule has 7 heteroatoms. The van der Waals surface area contributed by atoms with Crippen molar-refractivity contribution in [3.05, 3.63) is 29.6 Å². The number of carbonyl (C=O) groups is 1. The second-order valence-electron chi connectivity index (χ2n) is 5.04. The number of benzene rings is 1. The van der Waals surface area contributed by atoms with E-state index in [1.807, 2.05) is 0 Å². The van der Waals surface area contributed by atoms with E-state index in [4.69, 9.17) is 5.26 Å². The van der Waals surface area contributed by atoms with Crippen LogP contribution in [0.3, 0.4) is 0 Å². The zero-order valence-electron chi connectivity index (χ0n) is 11.5. The van der Waals surface area contributed by atoms with Crippen LogP contribution in [0, 0.1) is 23.1 Å². The topological polar surface area (TPSA) is 78.2 Å². The summed E-state index contributed by atoms with van der Waals surface area (Å²) in [7, 11) is -3.76. The molecule has 0 amide bonds. The van der Waals surface area contributed by atoms with Gasteiger partial charge in [-0.25, -0.2) is 12.8 Å². The second kappa shape index (κ2) is 5.92. The number of halogens is 1. The molecule has 1 fully saturated rings. The van der Waals surface area contributed by atoms with Crippen molar-refractivity contribution in [2.75, 3.05) is 13.1 Å². The third-order valence-electron chi connectivity index (χ3n) is 3.72. The zero-order chi connectivity index (χ0) is 15.6.